The van der Waals surface area contributed by atoms with Crippen LogP contribution in [-0.4, -0.2) is 34.2 Å². The number of hydrogen-bond acceptors (Lipinski definition) is 5. The predicted molar refractivity (Wildman–Crippen MR) is 102 cm³/mol. The number of likely N-dealkylation sites (tertiary alicyclic amines) is 1. The largest absolute Gasteiger partial charge is 0.460 e. The van der Waals surface area contributed by atoms with E-state index in [2.05, 4.69) is 16.0 Å². The Morgan fingerprint density at radius 2 is 1.93 bits per heavy atom. The normalized spacial score (nSPS) is 19.9. The number of aliphatic hydroxyl groups is 1. The summed E-state index contributed by atoms with van der Waals surface area (Å²) in [6.07, 6.45) is 4.08. The van der Waals surface area contributed by atoms with Crippen LogP contribution < -0.4 is 0 Å². The van der Waals surface area contributed by atoms with Gasteiger partial charge in [0.2, 0.25) is 0 Å². The minimum Gasteiger partial charge on any atom is -0.460 e. The lowest BCUT2D eigenvalue weighted by atomic mass is 9.97. The van der Waals surface area contributed by atoms with Crippen LogP contribution in [0.2, 0.25) is 0 Å². The van der Waals surface area contributed by atoms with Crippen molar-refractivity contribution >= 4 is 0 Å². The van der Waals surface area contributed by atoms with Gasteiger partial charge in [-0.2, -0.15) is 5.26 Å². The highest BCUT2D eigenvalue weighted by Crippen LogP contribution is 2.28. The molecular weight excluding hydrogens is 338 g/mol. The van der Waals surface area contributed by atoms with Crippen molar-refractivity contribution in [1.82, 2.24) is 9.88 Å². The fourth-order valence-electron chi connectivity index (χ4n) is 3.72. The highest BCUT2D eigenvalue weighted by atomic mass is 16.3. The van der Waals surface area contributed by atoms with Gasteiger partial charge < -0.3 is 9.52 Å². The van der Waals surface area contributed by atoms with Crippen molar-refractivity contribution in [2.45, 2.75) is 19.1 Å². The number of rotatable bonds is 5. The molecule has 2 aromatic heterocycles. The summed E-state index contributed by atoms with van der Waals surface area (Å²) in [6, 6.07) is 17.5. The highest BCUT2D eigenvalue weighted by molar-refractivity contribution is 5.66. The average molecular weight is 359 g/mol. The summed E-state index contributed by atoms with van der Waals surface area (Å²) in [4.78, 5) is 6.26. The monoisotopic (exact) mass is 359 g/mol. The van der Waals surface area contributed by atoms with E-state index in [9.17, 15) is 10.4 Å². The highest BCUT2D eigenvalue weighted by Gasteiger charge is 2.31. The third-order valence-corrected chi connectivity index (χ3v) is 5.08. The van der Waals surface area contributed by atoms with Gasteiger partial charge in [0.05, 0.1) is 24.3 Å². The Bertz CT molecular complexity index is 945. The standard InChI is InChI=1S/C22H21N3O2/c23-12-17-3-1-2-4-20(17)22-6-5-19(27-22)14-25-13-18(21(26)15-25)11-16-7-9-24-10-8-16/h1-10,18,21,26H,11,13-15H2/t18-,21-/m1/s1. The lowest BCUT2D eigenvalue weighted by Crippen LogP contribution is -2.21. The van der Waals surface area contributed by atoms with E-state index in [1.54, 1.807) is 18.5 Å². The second kappa shape index (κ2) is 7.75. The van der Waals surface area contributed by atoms with Gasteiger partial charge in [0, 0.05) is 37.0 Å². The van der Waals surface area contributed by atoms with Gasteiger partial charge in [0.1, 0.15) is 11.5 Å². The Balaban J connectivity index is 1.42. The predicted octanol–water partition coefficient (Wildman–Crippen LogP) is 3.25. The molecule has 1 N–H and O–H groups in total. The van der Waals surface area contributed by atoms with Crippen LogP contribution in [0.15, 0.2) is 65.3 Å². The molecular formula is C22H21N3O2. The molecule has 0 radical (unpaired) electrons. The number of aliphatic hydroxyl groups excluding tert-OH is 1. The molecule has 1 aromatic carbocycles. The number of hydrogen-bond donors (Lipinski definition) is 1. The Morgan fingerprint density at radius 1 is 1.11 bits per heavy atom. The molecule has 0 unspecified atom stereocenters. The maximum Gasteiger partial charge on any atom is 0.135 e. The molecule has 0 aliphatic carbocycles. The van der Waals surface area contributed by atoms with E-state index in [0.29, 0.717) is 24.4 Å². The van der Waals surface area contributed by atoms with Gasteiger partial charge in [-0.3, -0.25) is 9.88 Å². The first kappa shape index (κ1) is 17.5. The molecule has 4 rings (SSSR count). The summed E-state index contributed by atoms with van der Waals surface area (Å²) in [7, 11) is 0. The number of β-amino-alcohol motifs (C(OH)–C–C–N with tert-alkyl or cyclic N) is 1. The van der Waals surface area contributed by atoms with Gasteiger partial charge >= 0.3 is 0 Å². The van der Waals surface area contributed by atoms with Gasteiger partial charge in [-0.15, -0.1) is 0 Å². The van der Waals surface area contributed by atoms with Crippen molar-refractivity contribution in [2.24, 2.45) is 5.92 Å². The van der Waals surface area contributed by atoms with E-state index in [0.717, 1.165) is 24.3 Å². The quantitative estimate of drug-likeness (QED) is 0.757. The molecule has 2 atom stereocenters. The molecule has 5 heteroatoms. The molecule has 1 saturated heterocycles. The van der Waals surface area contributed by atoms with Crippen molar-refractivity contribution in [3.63, 3.8) is 0 Å². The molecule has 5 nitrogen and oxygen atoms in total. The van der Waals surface area contributed by atoms with Crippen LogP contribution in [-0.2, 0) is 13.0 Å². The Kier molecular flexibility index (Phi) is 5.01. The van der Waals surface area contributed by atoms with E-state index in [-0.39, 0.29) is 12.0 Å². The zero-order chi connectivity index (χ0) is 18.6. The summed E-state index contributed by atoms with van der Waals surface area (Å²) in [6.45, 7) is 2.12. The van der Waals surface area contributed by atoms with E-state index in [4.69, 9.17) is 4.42 Å². The molecule has 0 amide bonds. The number of furan rings is 1. The zero-order valence-electron chi connectivity index (χ0n) is 15.0. The molecule has 27 heavy (non-hydrogen) atoms. The molecule has 1 fully saturated rings. The first-order valence-electron chi connectivity index (χ1n) is 9.10. The van der Waals surface area contributed by atoms with Gasteiger partial charge in [0.25, 0.3) is 0 Å². The number of nitrogens with zero attached hydrogens (tertiary/aromatic N) is 3. The van der Waals surface area contributed by atoms with E-state index < -0.39 is 0 Å². The summed E-state index contributed by atoms with van der Waals surface area (Å²) < 4.78 is 5.98. The lowest BCUT2D eigenvalue weighted by molar-refractivity contribution is 0.140. The van der Waals surface area contributed by atoms with Crippen LogP contribution in [0, 0.1) is 17.2 Å². The van der Waals surface area contributed by atoms with E-state index >= 15 is 0 Å². The second-order valence-corrected chi connectivity index (χ2v) is 7.00. The van der Waals surface area contributed by atoms with Crippen LogP contribution >= 0.6 is 0 Å². The van der Waals surface area contributed by atoms with Gasteiger partial charge in [-0.1, -0.05) is 12.1 Å². The molecule has 1 aliphatic rings. The third-order valence-electron chi connectivity index (χ3n) is 5.08. The first-order valence-corrected chi connectivity index (χ1v) is 9.10. The number of nitriles is 1. The van der Waals surface area contributed by atoms with Crippen molar-refractivity contribution in [1.29, 1.82) is 5.26 Å². The minimum absolute atomic E-state index is 0.209. The van der Waals surface area contributed by atoms with Crippen molar-refractivity contribution in [3.8, 4) is 17.4 Å². The summed E-state index contributed by atoms with van der Waals surface area (Å²) in [5, 5.41) is 19.7. The smallest absolute Gasteiger partial charge is 0.135 e. The molecule has 0 spiro atoms. The topological polar surface area (TPSA) is 73.3 Å². The maximum absolute atomic E-state index is 10.4. The fourth-order valence-corrected chi connectivity index (χ4v) is 3.72. The van der Waals surface area contributed by atoms with Crippen molar-refractivity contribution in [2.75, 3.05) is 13.1 Å². The zero-order valence-corrected chi connectivity index (χ0v) is 15.0. The number of pyridine rings is 1. The molecule has 136 valence electrons. The molecule has 0 saturated carbocycles. The van der Waals surface area contributed by atoms with Gasteiger partial charge in [-0.05, 0) is 48.4 Å². The van der Waals surface area contributed by atoms with Crippen LogP contribution in [0.25, 0.3) is 11.3 Å². The fraction of sp³-hybridized carbons (Fsp3) is 0.273. The van der Waals surface area contributed by atoms with Crippen molar-refractivity contribution in [3.05, 3.63) is 77.8 Å². The number of benzene rings is 1. The van der Waals surface area contributed by atoms with Crippen LogP contribution in [0.1, 0.15) is 16.9 Å². The Hall–Kier alpha value is -2.94. The minimum atomic E-state index is -0.341. The average Bonchev–Trinajstić information content (AvgIpc) is 3.29. The molecule has 1 aliphatic heterocycles. The van der Waals surface area contributed by atoms with E-state index in [1.807, 2.05) is 42.5 Å². The van der Waals surface area contributed by atoms with Crippen LogP contribution in [0.4, 0.5) is 0 Å². The van der Waals surface area contributed by atoms with Gasteiger partial charge in [-0.25, -0.2) is 0 Å². The molecule has 3 heterocycles. The summed E-state index contributed by atoms with van der Waals surface area (Å²) in [5.41, 5.74) is 2.61. The lowest BCUT2D eigenvalue weighted by Gasteiger charge is -2.14. The molecule has 3 aromatic rings. The number of aromatic nitrogens is 1. The second-order valence-electron chi connectivity index (χ2n) is 7.00. The Morgan fingerprint density at radius 3 is 2.74 bits per heavy atom. The first-order chi connectivity index (χ1) is 13.2. The summed E-state index contributed by atoms with van der Waals surface area (Å²) >= 11 is 0. The summed E-state index contributed by atoms with van der Waals surface area (Å²) in [5.74, 6) is 1.76. The van der Waals surface area contributed by atoms with Gasteiger partial charge in [0.15, 0.2) is 0 Å². The Labute approximate surface area is 158 Å². The molecule has 0 bridgehead atoms. The SMILES string of the molecule is N#Cc1ccccc1-c1ccc(CN2C[C@@H](Cc3ccncc3)[C@H](O)C2)o1. The van der Waals surface area contributed by atoms with Crippen LogP contribution in [0.5, 0.6) is 0 Å². The van der Waals surface area contributed by atoms with Crippen molar-refractivity contribution < 1.29 is 9.52 Å². The van der Waals surface area contributed by atoms with E-state index in [1.165, 1.54) is 5.56 Å². The third kappa shape index (κ3) is 3.92. The van der Waals surface area contributed by atoms with Crippen LogP contribution in [0.3, 0.4) is 0 Å². The maximum atomic E-state index is 10.4.